The van der Waals surface area contributed by atoms with Gasteiger partial charge in [0, 0.05) is 13.1 Å². The topological polar surface area (TPSA) is 197 Å². The van der Waals surface area contributed by atoms with E-state index >= 15 is 0 Å². The number of nitrogens with one attached hydrogen (secondary N) is 4. The van der Waals surface area contributed by atoms with Crippen LogP contribution < -0.4 is 26.4 Å². The van der Waals surface area contributed by atoms with E-state index in [1.165, 1.54) is 17.0 Å². The molecule has 13 nitrogen and oxygen atoms in total. The number of carbonyl (C=O) groups excluding carboxylic acids is 5. The first kappa shape index (κ1) is 38.3. The summed E-state index contributed by atoms with van der Waals surface area (Å²) in [6.45, 7) is 15.4. The van der Waals surface area contributed by atoms with Crippen LogP contribution in [0.5, 0.6) is 0 Å². The average Bonchev–Trinajstić information content (AvgIpc) is 3.85. The highest BCUT2D eigenvalue weighted by Crippen LogP contribution is 2.65. The lowest BCUT2D eigenvalue weighted by Crippen LogP contribution is -2.63. The minimum atomic E-state index is -3.85. The Balaban J connectivity index is 1.52. The van der Waals surface area contributed by atoms with Crippen LogP contribution in [-0.4, -0.2) is 79.6 Å². The summed E-state index contributed by atoms with van der Waals surface area (Å²) in [5, 5.41) is 8.53. The maximum absolute atomic E-state index is 14.4. The minimum absolute atomic E-state index is 0.0438. The number of urea groups is 1. The first-order valence-corrected chi connectivity index (χ1v) is 18.6. The maximum Gasteiger partial charge on any atom is 0.315 e. The molecule has 272 valence electrons. The van der Waals surface area contributed by atoms with E-state index in [1.54, 1.807) is 25.1 Å². The molecule has 1 aromatic rings. The summed E-state index contributed by atoms with van der Waals surface area (Å²) in [5.41, 5.74) is 3.29. The summed E-state index contributed by atoms with van der Waals surface area (Å²) in [7, 11) is -3.85. The third kappa shape index (κ3) is 8.99. The Morgan fingerprint density at radius 3 is 2.14 bits per heavy atom. The standard InChI is InChI=1S/C35H54N6O7S/c1-20(2)17-35(8,19-37-49(47,48)22-12-10-9-11-13-22)40-32(46)39-28(33(3,4)5)31(45)41-18-23-25(34(23,6)7)26(41)30(44)38-24(16-21-14-15-21)27(42)29(36)43/h9-13,20-21,23-26,28,37H,14-19H2,1-8H3,(H2,36,43)(H,38,44)(H2,39,40,46)/t23-,24?,25-,26-,28+,35?/m0/s1. The van der Waals surface area contributed by atoms with E-state index in [-0.39, 0.29) is 40.5 Å². The Kier molecular flexibility index (Phi) is 10.9. The van der Waals surface area contributed by atoms with Crippen molar-refractivity contribution in [2.75, 3.05) is 13.1 Å². The zero-order valence-corrected chi connectivity index (χ0v) is 30.8. The molecule has 1 aliphatic heterocycles. The molecule has 49 heavy (non-hydrogen) atoms. The molecule has 1 heterocycles. The predicted octanol–water partition coefficient (Wildman–Crippen LogP) is 2.31. The van der Waals surface area contributed by atoms with Crippen LogP contribution in [0.15, 0.2) is 35.2 Å². The molecular weight excluding hydrogens is 648 g/mol. The second kappa shape index (κ2) is 14.0. The molecule has 2 unspecified atom stereocenters. The first-order chi connectivity index (χ1) is 22.6. The number of hydrogen-bond donors (Lipinski definition) is 5. The van der Waals surface area contributed by atoms with Gasteiger partial charge in [-0.3, -0.25) is 19.2 Å². The summed E-state index contributed by atoms with van der Waals surface area (Å²) in [6.07, 6.45) is 2.56. The number of piperidine rings is 1. The third-order valence-electron chi connectivity index (χ3n) is 10.3. The van der Waals surface area contributed by atoms with Crippen LogP contribution in [0.1, 0.15) is 81.1 Å². The van der Waals surface area contributed by atoms with Crippen molar-refractivity contribution >= 4 is 39.6 Å². The predicted molar refractivity (Wildman–Crippen MR) is 184 cm³/mol. The molecule has 2 aliphatic carbocycles. The zero-order valence-electron chi connectivity index (χ0n) is 30.0. The number of sulfonamides is 1. The summed E-state index contributed by atoms with van der Waals surface area (Å²) in [4.78, 5) is 68.0. The minimum Gasteiger partial charge on any atom is -0.363 e. The van der Waals surface area contributed by atoms with Gasteiger partial charge in [0.1, 0.15) is 12.1 Å². The maximum atomic E-state index is 14.4. The van der Waals surface area contributed by atoms with Crippen molar-refractivity contribution in [2.24, 2.45) is 40.2 Å². The molecule has 5 amide bonds. The van der Waals surface area contributed by atoms with Crippen molar-refractivity contribution in [1.29, 1.82) is 0 Å². The number of primary amides is 1. The third-order valence-corrected chi connectivity index (χ3v) is 11.7. The Morgan fingerprint density at radius 2 is 1.61 bits per heavy atom. The highest BCUT2D eigenvalue weighted by Gasteiger charge is 2.70. The van der Waals surface area contributed by atoms with Gasteiger partial charge in [0.2, 0.25) is 27.6 Å². The van der Waals surface area contributed by atoms with Crippen molar-refractivity contribution in [3.63, 3.8) is 0 Å². The van der Waals surface area contributed by atoms with Gasteiger partial charge in [0.05, 0.1) is 16.5 Å². The number of carbonyl (C=O) groups is 5. The number of ketones is 1. The number of nitrogens with zero attached hydrogens (tertiary/aromatic N) is 1. The molecular formula is C35H54N6O7S. The van der Waals surface area contributed by atoms with E-state index in [0.717, 1.165) is 12.8 Å². The molecule has 1 aromatic carbocycles. The van der Waals surface area contributed by atoms with E-state index < -0.39 is 68.6 Å². The Hall–Kier alpha value is -3.52. The molecule has 3 aliphatic rings. The molecule has 14 heteroatoms. The Morgan fingerprint density at radius 1 is 1.00 bits per heavy atom. The molecule has 0 bridgehead atoms. The van der Waals surface area contributed by atoms with Gasteiger partial charge < -0.3 is 26.6 Å². The fraction of sp³-hybridized carbons (Fsp3) is 0.686. The van der Waals surface area contributed by atoms with Gasteiger partial charge in [0.15, 0.2) is 0 Å². The molecule has 2 saturated carbocycles. The number of amides is 5. The van der Waals surface area contributed by atoms with Crippen LogP contribution in [-0.2, 0) is 29.2 Å². The van der Waals surface area contributed by atoms with Crippen molar-refractivity contribution in [3.8, 4) is 0 Å². The SMILES string of the molecule is CC(C)CC(C)(CNS(=O)(=O)c1ccccc1)NC(=O)N[C@H](C(=O)N1C[C@H]2[C@@H]([C@H]1C(=O)NC(CC1CC1)C(=O)C(N)=O)C2(C)C)C(C)(C)C. The molecule has 6 atom stereocenters. The molecule has 0 radical (unpaired) electrons. The number of fused-ring (bicyclic) bond motifs is 1. The lowest BCUT2D eigenvalue weighted by Gasteiger charge is -2.39. The van der Waals surface area contributed by atoms with Crippen LogP contribution in [0.3, 0.4) is 0 Å². The Bertz CT molecular complexity index is 1550. The van der Waals surface area contributed by atoms with Gasteiger partial charge in [-0.25, -0.2) is 17.9 Å². The number of likely N-dealkylation sites (tertiary alicyclic amines) is 1. The van der Waals surface area contributed by atoms with Gasteiger partial charge in [-0.1, -0.05) is 79.5 Å². The quantitative estimate of drug-likeness (QED) is 0.173. The highest BCUT2D eigenvalue weighted by molar-refractivity contribution is 7.89. The molecule has 6 N–H and O–H groups in total. The van der Waals surface area contributed by atoms with Gasteiger partial charge >= 0.3 is 6.03 Å². The van der Waals surface area contributed by atoms with Crippen LogP contribution in [0.4, 0.5) is 4.79 Å². The molecule has 0 spiro atoms. The van der Waals surface area contributed by atoms with Gasteiger partial charge in [-0.2, -0.15) is 0 Å². The summed E-state index contributed by atoms with van der Waals surface area (Å²) in [6, 6.07) is 4.28. The van der Waals surface area contributed by atoms with Crippen molar-refractivity contribution < 1.29 is 32.4 Å². The lowest BCUT2D eigenvalue weighted by molar-refractivity contribution is -0.145. The van der Waals surface area contributed by atoms with E-state index in [2.05, 4.69) is 20.7 Å². The first-order valence-electron chi connectivity index (χ1n) is 17.2. The summed E-state index contributed by atoms with van der Waals surface area (Å²) < 4.78 is 28.6. The fourth-order valence-corrected chi connectivity index (χ4v) is 8.61. The number of rotatable bonds is 15. The summed E-state index contributed by atoms with van der Waals surface area (Å²) in [5.74, 6) is -2.73. The van der Waals surface area contributed by atoms with Crippen molar-refractivity contribution in [3.05, 3.63) is 30.3 Å². The molecule has 0 aromatic heterocycles. The number of Topliss-reactive ketones (excluding diaryl/α,β-unsaturated/α-hetero) is 1. The zero-order chi connectivity index (χ0) is 36.7. The number of nitrogens with two attached hydrogens (primary N) is 1. The number of hydrogen-bond acceptors (Lipinski definition) is 7. The molecule has 4 rings (SSSR count). The highest BCUT2D eigenvalue weighted by atomic mass is 32.2. The molecule has 1 saturated heterocycles. The molecule has 3 fully saturated rings. The second-order valence-electron chi connectivity index (χ2n) is 16.6. The summed E-state index contributed by atoms with van der Waals surface area (Å²) >= 11 is 0. The second-order valence-corrected chi connectivity index (χ2v) is 18.3. The monoisotopic (exact) mass is 702 g/mol. The van der Waals surface area contributed by atoms with Gasteiger partial charge in [-0.05, 0) is 66.4 Å². The Labute approximate surface area is 290 Å². The largest absolute Gasteiger partial charge is 0.363 e. The van der Waals surface area contributed by atoms with E-state index in [0.29, 0.717) is 19.4 Å². The average molecular weight is 703 g/mol. The van der Waals surface area contributed by atoms with Gasteiger partial charge in [-0.15, -0.1) is 0 Å². The van der Waals surface area contributed by atoms with Gasteiger partial charge in [0.25, 0.3) is 5.91 Å². The fourth-order valence-electron chi connectivity index (χ4n) is 7.42. The normalized spacial score (nSPS) is 23.9. The van der Waals surface area contributed by atoms with Crippen LogP contribution in [0.25, 0.3) is 0 Å². The van der Waals surface area contributed by atoms with E-state index in [1.807, 2.05) is 48.5 Å². The smallest absolute Gasteiger partial charge is 0.315 e. The van der Waals surface area contributed by atoms with Crippen LogP contribution >= 0.6 is 0 Å². The van der Waals surface area contributed by atoms with Crippen molar-refractivity contribution in [2.45, 2.75) is 110 Å². The van der Waals surface area contributed by atoms with Crippen LogP contribution in [0.2, 0.25) is 0 Å². The lowest BCUT2D eigenvalue weighted by atomic mass is 9.85. The van der Waals surface area contributed by atoms with Crippen LogP contribution in [0, 0.1) is 34.5 Å². The van der Waals surface area contributed by atoms with E-state index in [4.69, 9.17) is 5.73 Å². The van der Waals surface area contributed by atoms with Crippen molar-refractivity contribution in [1.82, 2.24) is 25.6 Å². The van der Waals surface area contributed by atoms with E-state index in [9.17, 15) is 32.4 Å². The number of benzene rings is 1.